The zero-order valence-electron chi connectivity index (χ0n) is 15.3. The van der Waals surface area contributed by atoms with Gasteiger partial charge in [0.25, 0.3) is 5.91 Å². The molecule has 1 atom stereocenters. The molecular formula is C22H17ClN2O3S. The number of carbonyl (C=O) groups excluding carboxylic acids is 2. The highest BCUT2D eigenvalue weighted by molar-refractivity contribution is 7.18. The van der Waals surface area contributed by atoms with Crippen molar-refractivity contribution in [3.8, 4) is 11.1 Å². The summed E-state index contributed by atoms with van der Waals surface area (Å²) in [4.78, 5) is 29.4. The van der Waals surface area contributed by atoms with Gasteiger partial charge in [-0.1, -0.05) is 65.3 Å². The van der Waals surface area contributed by atoms with Crippen LogP contribution in [0.1, 0.15) is 32.0 Å². The summed E-state index contributed by atoms with van der Waals surface area (Å²) in [5.74, 6) is -0.169. The summed E-state index contributed by atoms with van der Waals surface area (Å²) in [5.41, 5.74) is 4.31. The molecule has 1 aromatic heterocycles. The molecule has 5 nitrogen and oxygen atoms in total. The summed E-state index contributed by atoms with van der Waals surface area (Å²) >= 11 is 7.10. The number of rotatable bonds is 6. The van der Waals surface area contributed by atoms with Crippen LogP contribution in [0.3, 0.4) is 0 Å². The number of oxime groups is 1. The minimum absolute atomic E-state index is 0.169. The number of nitrogens with zero attached hydrogens (tertiary/aromatic N) is 1. The lowest BCUT2D eigenvalue weighted by atomic mass is 9.97. The van der Waals surface area contributed by atoms with Gasteiger partial charge in [-0.05, 0) is 28.8 Å². The molecule has 1 aliphatic heterocycles. The molecule has 0 saturated carbocycles. The molecule has 1 amide bonds. The highest BCUT2D eigenvalue weighted by atomic mass is 35.5. The van der Waals surface area contributed by atoms with Crippen LogP contribution in [-0.2, 0) is 4.84 Å². The van der Waals surface area contributed by atoms with Crippen LogP contribution in [0.15, 0.2) is 65.8 Å². The van der Waals surface area contributed by atoms with Gasteiger partial charge < -0.3 is 10.2 Å². The zero-order chi connectivity index (χ0) is 20.2. The monoisotopic (exact) mass is 424 g/mol. The van der Waals surface area contributed by atoms with Crippen molar-refractivity contribution in [2.75, 3.05) is 6.54 Å². The Morgan fingerprint density at radius 2 is 1.90 bits per heavy atom. The summed E-state index contributed by atoms with van der Waals surface area (Å²) in [6.45, 7) is 0.367. The van der Waals surface area contributed by atoms with Crippen LogP contribution in [0.5, 0.6) is 0 Å². The Morgan fingerprint density at radius 1 is 1.14 bits per heavy atom. The first-order chi connectivity index (χ1) is 14.1. The Kier molecular flexibility index (Phi) is 5.74. The standard InChI is InChI=1S/C22H17ClN2O3S/c23-21-10-9-20(29-21)22(27)24-12-17-11-19(25-28-17)15-7-5-14(6-8-15)18-4-2-1-3-16(18)13-26/h1-10,13,17H,11-12H2,(H,24,27). The van der Waals surface area contributed by atoms with Gasteiger partial charge in [-0.25, -0.2) is 0 Å². The SMILES string of the molecule is O=Cc1ccccc1-c1ccc(C2=NOC(CNC(=O)c3ccc(Cl)s3)C2)cc1. The van der Waals surface area contributed by atoms with Gasteiger partial charge in [0.05, 0.1) is 21.5 Å². The maximum atomic E-state index is 12.1. The summed E-state index contributed by atoms with van der Waals surface area (Å²) < 4.78 is 0.581. The summed E-state index contributed by atoms with van der Waals surface area (Å²) in [5, 5.41) is 7.02. The molecule has 29 heavy (non-hydrogen) atoms. The van der Waals surface area contributed by atoms with Crippen molar-refractivity contribution in [1.29, 1.82) is 0 Å². The third-order valence-electron chi connectivity index (χ3n) is 4.64. The van der Waals surface area contributed by atoms with Crippen molar-refractivity contribution >= 4 is 40.8 Å². The predicted molar refractivity (Wildman–Crippen MR) is 115 cm³/mol. The second-order valence-corrected chi connectivity index (χ2v) is 8.28. The van der Waals surface area contributed by atoms with Gasteiger partial charge >= 0.3 is 0 Å². The molecule has 2 heterocycles. The largest absolute Gasteiger partial charge is 0.390 e. The number of amides is 1. The fourth-order valence-corrected chi connectivity index (χ4v) is 4.10. The van der Waals surface area contributed by atoms with E-state index >= 15 is 0 Å². The van der Waals surface area contributed by atoms with E-state index in [-0.39, 0.29) is 12.0 Å². The van der Waals surface area contributed by atoms with Gasteiger partial charge in [-0.2, -0.15) is 0 Å². The number of benzene rings is 2. The Bertz CT molecular complexity index is 1080. The van der Waals surface area contributed by atoms with Crippen molar-refractivity contribution in [2.45, 2.75) is 12.5 Å². The van der Waals surface area contributed by atoms with E-state index in [9.17, 15) is 9.59 Å². The van der Waals surface area contributed by atoms with Crippen LogP contribution in [0.25, 0.3) is 11.1 Å². The molecule has 4 rings (SSSR count). The zero-order valence-corrected chi connectivity index (χ0v) is 16.9. The fraction of sp³-hybridized carbons (Fsp3) is 0.136. The second kappa shape index (κ2) is 8.59. The Morgan fingerprint density at radius 3 is 2.62 bits per heavy atom. The molecule has 0 spiro atoms. The van der Waals surface area contributed by atoms with Crippen molar-refractivity contribution in [3.05, 3.63) is 81.0 Å². The highest BCUT2D eigenvalue weighted by Gasteiger charge is 2.23. The summed E-state index contributed by atoms with van der Waals surface area (Å²) in [7, 11) is 0. The number of halogens is 1. The fourth-order valence-electron chi connectivity index (χ4n) is 3.14. The van der Waals surface area contributed by atoms with E-state index in [4.69, 9.17) is 16.4 Å². The molecule has 1 aliphatic rings. The molecule has 0 radical (unpaired) electrons. The molecule has 3 aromatic rings. The van der Waals surface area contributed by atoms with Crippen molar-refractivity contribution in [2.24, 2.45) is 5.16 Å². The van der Waals surface area contributed by atoms with Gasteiger partial charge in [0.2, 0.25) is 0 Å². The lowest BCUT2D eigenvalue weighted by Gasteiger charge is -2.09. The highest BCUT2D eigenvalue weighted by Crippen LogP contribution is 2.25. The second-order valence-electron chi connectivity index (χ2n) is 6.57. The number of thiophene rings is 1. The van der Waals surface area contributed by atoms with E-state index in [0.29, 0.717) is 27.7 Å². The first-order valence-corrected chi connectivity index (χ1v) is 10.2. The number of aldehydes is 1. The van der Waals surface area contributed by atoms with Crippen LogP contribution in [0.2, 0.25) is 4.34 Å². The van der Waals surface area contributed by atoms with Gasteiger partial charge in [0, 0.05) is 12.0 Å². The maximum Gasteiger partial charge on any atom is 0.261 e. The molecular weight excluding hydrogens is 408 g/mol. The van der Waals surface area contributed by atoms with Crippen molar-refractivity contribution < 1.29 is 14.4 Å². The average molecular weight is 425 g/mol. The summed E-state index contributed by atoms with van der Waals surface area (Å²) in [6, 6.07) is 18.7. The van der Waals surface area contributed by atoms with Gasteiger partial charge in [0.15, 0.2) is 6.29 Å². The number of nitrogens with one attached hydrogen (secondary N) is 1. The topological polar surface area (TPSA) is 67.8 Å². The molecule has 0 fully saturated rings. The maximum absolute atomic E-state index is 12.1. The smallest absolute Gasteiger partial charge is 0.261 e. The van der Waals surface area contributed by atoms with E-state index in [0.717, 1.165) is 28.7 Å². The van der Waals surface area contributed by atoms with Crippen LogP contribution in [-0.4, -0.2) is 30.6 Å². The Balaban J connectivity index is 1.36. The van der Waals surface area contributed by atoms with E-state index in [1.807, 2.05) is 42.5 Å². The first kappa shape index (κ1) is 19.4. The van der Waals surface area contributed by atoms with Crippen molar-refractivity contribution in [3.63, 3.8) is 0 Å². The third-order valence-corrected chi connectivity index (χ3v) is 5.87. The third kappa shape index (κ3) is 4.39. The minimum atomic E-state index is -0.208. The van der Waals surface area contributed by atoms with Crippen LogP contribution >= 0.6 is 22.9 Å². The Labute approximate surface area is 177 Å². The van der Waals surface area contributed by atoms with E-state index in [1.54, 1.807) is 18.2 Å². The quantitative estimate of drug-likeness (QED) is 0.577. The number of hydrogen-bond donors (Lipinski definition) is 1. The molecule has 1 unspecified atom stereocenters. The lowest BCUT2D eigenvalue weighted by Crippen LogP contribution is -2.31. The first-order valence-electron chi connectivity index (χ1n) is 9.05. The lowest BCUT2D eigenvalue weighted by molar-refractivity contribution is 0.0755. The molecule has 0 saturated heterocycles. The molecule has 0 bridgehead atoms. The number of carbonyl (C=O) groups is 2. The molecule has 0 aliphatic carbocycles. The normalized spacial score (nSPS) is 15.5. The van der Waals surface area contributed by atoms with Gasteiger partial charge in [-0.3, -0.25) is 9.59 Å². The van der Waals surface area contributed by atoms with E-state index in [2.05, 4.69) is 10.5 Å². The van der Waals surface area contributed by atoms with E-state index in [1.165, 1.54) is 11.3 Å². The van der Waals surface area contributed by atoms with E-state index < -0.39 is 0 Å². The van der Waals surface area contributed by atoms with Crippen LogP contribution < -0.4 is 5.32 Å². The molecule has 7 heteroatoms. The van der Waals surface area contributed by atoms with Gasteiger partial charge in [0.1, 0.15) is 6.10 Å². The van der Waals surface area contributed by atoms with Crippen LogP contribution in [0.4, 0.5) is 0 Å². The predicted octanol–water partition coefficient (Wildman–Crippen LogP) is 4.80. The minimum Gasteiger partial charge on any atom is -0.390 e. The molecule has 146 valence electrons. The Hall–Kier alpha value is -2.96. The average Bonchev–Trinajstić information content (AvgIpc) is 3.41. The molecule has 2 aromatic carbocycles. The van der Waals surface area contributed by atoms with Gasteiger partial charge in [-0.15, -0.1) is 11.3 Å². The van der Waals surface area contributed by atoms with Crippen LogP contribution in [0, 0.1) is 0 Å². The summed E-state index contributed by atoms with van der Waals surface area (Å²) in [6.07, 6.45) is 1.26. The van der Waals surface area contributed by atoms with Crippen molar-refractivity contribution in [1.82, 2.24) is 5.32 Å². The number of hydrogen-bond acceptors (Lipinski definition) is 5. The molecule has 1 N–H and O–H groups in total.